The summed E-state index contributed by atoms with van der Waals surface area (Å²) in [5.74, 6) is 0.482. The topological polar surface area (TPSA) is 88.1 Å². The number of carbonyl (C=O) groups is 2. The highest BCUT2D eigenvalue weighted by molar-refractivity contribution is 5.79. The van der Waals surface area contributed by atoms with Crippen molar-refractivity contribution in [2.75, 3.05) is 20.2 Å². The summed E-state index contributed by atoms with van der Waals surface area (Å²) in [6, 6.07) is 5.39. The molecule has 0 spiro atoms. The molecule has 2 amide bonds. The molecule has 1 saturated heterocycles. The van der Waals surface area contributed by atoms with Crippen LogP contribution in [0.2, 0.25) is 0 Å². The molecule has 148 valence electrons. The molecule has 1 aliphatic carbocycles. The average Bonchev–Trinajstić information content (AvgIpc) is 3.31. The van der Waals surface area contributed by atoms with Crippen molar-refractivity contribution >= 4 is 12.0 Å². The number of benzene rings is 1. The molecule has 1 saturated carbocycles. The van der Waals surface area contributed by atoms with Crippen LogP contribution in [0.5, 0.6) is 11.5 Å². The second-order valence-corrected chi connectivity index (χ2v) is 7.67. The van der Waals surface area contributed by atoms with Gasteiger partial charge in [-0.2, -0.15) is 0 Å². The number of amides is 2. The number of urea groups is 1. The monoisotopic (exact) mass is 376 g/mol. The second kappa shape index (κ2) is 8.06. The Bertz CT molecular complexity index is 702. The summed E-state index contributed by atoms with van der Waals surface area (Å²) in [4.78, 5) is 25.4. The predicted molar refractivity (Wildman–Crippen MR) is 100 cm³/mol. The van der Waals surface area contributed by atoms with Gasteiger partial charge in [-0.05, 0) is 45.1 Å². The van der Waals surface area contributed by atoms with Crippen molar-refractivity contribution in [3.8, 4) is 11.5 Å². The minimum absolute atomic E-state index is 0.186. The maximum atomic E-state index is 12.5. The fraction of sp³-hybridized carbons (Fsp3) is 0.600. The van der Waals surface area contributed by atoms with Gasteiger partial charge in [-0.25, -0.2) is 4.79 Å². The van der Waals surface area contributed by atoms with Gasteiger partial charge in [0.25, 0.3) is 0 Å². The Morgan fingerprint density at radius 1 is 1.33 bits per heavy atom. The number of rotatable bonds is 6. The van der Waals surface area contributed by atoms with Crippen LogP contribution in [0.4, 0.5) is 4.79 Å². The quantitative estimate of drug-likeness (QED) is 0.797. The van der Waals surface area contributed by atoms with Crippen LogP contribution in [0.3, 0.4) is 0 Å². The van der Waals surface area contributed by atoms with E-state index in [1.54, 1.807) is 18.9 Å². The Morgan fingerprint density at radius 2 is 2.07 bits per heavy atom. The maximum Gasteiger partial charge on any atom is 0.317 e. The van der Waals surface area contributed by atoms with Crippen LogP contribution in [0.15, 0.2) is 18.2 Å². The minimum atomic E-state index is -0.871. The van der Waals surface area contributed by atoms with Crippen molar-refractivity contribution in [1.29, 1.82) is 0 Å². The summed E-state index contributed by atoms with van der Waals surface area (Å²) in [7, 11) is 1.61. The molecule has 2 aliphatic rings. The zero-order chi connectivity index (χ0) is 19.4. The second-order valence-electron chi connectivity index (χ2n) is 7.67. The van der Waals surface area contributed by atoms with Crippen molar-refractivity contribution in [2.24, 2.45) is 5.41 Å². The summed E-state index contributed by atoms with van der Waals surface area (Å²) in [5.41, 5.74) is -0.0147. The number of hydrogen-bond acceptors (Lipinski definition) is 4. The van der Waals surface area contributed by atoms with E-state index in [0.29, 0.717) is 31.0 Å². The highest BCUT2D eigenvalue weighted by atomic mass is 16.5. The maximum absolute atomic E-state index is 12.5. The van der Waals surface area contributed by atoms with Gasteiger partial charge in [0.2, 0.25) is 0 Å². The fourth-order valence-electron chi connectivity index (χ4n) is 3.76. The normalized spacial score (nSPS) is 22.7. The van der Waals surface area contributed by atoms with Gasteiger partial charge in [-0.3, -0.25) is 4.79 Å². The van der Waals surface area contributed by atoms with E-state index in [1.807, 2.05) is 18.2 Å². The van der Waals surface area contributed by atoms with Gasteiger partial charge >= 0.3 is 12.0 Å². The van der Waals surface area contributed by atoms with Gasteiger partial charge in [0.15, 0.2) is 11.5 Å². The molecule has 1 aromatic rings. The number of carboxylic acid groups (broad SMARTS) is 1. The Labute approximate surface area is 159 Å². The van der Waals surface area contributed by atoms with Crippen LogP contribution in [0, 0.1) is 5.41 Å². The molecule has 0 radical (unpaired) electrons. The number of likely N-dealkylation sites (tertiary alicyclic amines) is 1. The van der Waals surface area contributed by atoms with E-state index in [4.69, 9.17) is 9.47 Å². The third kappa shape index (κ3) is 4.28. The largest absolute Gasteiger partial charge is 0.493 e. The number of aliphatic carboxylic acids is 1. The first-order valence-electron chi connectivity index (χ1n) is 9.51. The molecular weight excluding hydrogens is 348 g/mol. The van der Waals surface area contributed by atoms with Crippen molar-refractivity contribution in [2.45, 2.75) is 51.7 Å². The number of ether oxygens (including phenoxy) is 2. The summed E-state index contributed by atoms with van der Waals surface area (Å²) < 4.78 is 11.6. The Hall–Kier alpha value is -2.44. The Balaban J connectivity index is 1.65. The van der Waals surface area contributed by atoms with Crippen molar-refractivity contribution in [1.82, 2.24) is 10.2 Å². The summed E-state index contributed by atoms with van der Waals surface area (Å²) in [5, 5.41) is 12.2. The third-order valence-corrected chi connectivity index (χ3v) is 5.57. The number of methoxy groups -OCH3 is 1. The Morgan fingerprint density at radius 3 is 2.70 bits per heavy atom. The van der Waals surface area contributed by atoms with E-state index in [1.165, 1.54) is 12.8 Å². The summed E-state index contributed by atoms with van der Waals surface area (Å²) in [6.45, 7) is 2.65. The first kappa shape index (κ1) is 19.3. The lowest BCUT2D eigenvalue weighted by Gasteiger charge is -2.22. The SMILES string of the molecule is COc1cccc(CNC(=O)N2CCC(C)(C(=O)O)C2)c1OC1CCCC1. The number of hydrogen-bond donors (Lipinski definition) is 2. The molecular formula is C20H28N2O5. The smallest absolute Gasteiger partial charge is 0.317 e. The Kier molecular flexibility index (Phi) is 5.77. The molecule has 7 nitrogen and oxygen atoms in total. The van der Waals surface area contributed by atoms with Gasteiger partial charge in [0, 0.05) is 25.2 Å². The van der Waals surface area contributed by atoms with E-state index in [9.17, 15) is 14.7 Å². The molecule has 3 rings (SSSR count). The number of nitrogens with one attached hydrogen (secondary N) is 1. The van der Waals surface area contributed by atoms with E-state index in [0.717, 1.165) is 18.4 Å². The first-order valence-corrected chi connectivity index (χ1v) is 9.51. The van der Waals surface area contributed by atoms with Crippen molar-refractivity contribution in [3.63, 3.8) is 0 Å². The average molecular weight is 376 g/mol. The van der Waals surface area contributed by atoms with Gasteiger partial charge < -0.3 is 24.8 Å². The van der Waals surface area contributed by atoms with Crippen LogP contribution in [-0.2, 0) is 11.3 Å². The molecule has 2 N–H and O–H groups in total. The van der Waals surface area contributed by atoms with Gasteiger partial charge in [-0.1, -0.05) is 12.1 Å². The molecule has 7 heteroatoms. The lowest BCUT2D eigenvalue weighted by atomic mass is 9.90. The predicted octanol–water partition coefficient (Wildman–Crippen LogP) is 3.02. The van der Waals surface area contributed by atoms with Gasteiger partial charge in [0.1, 0.15) is 0 Å². The van der Waals surface area contributed by atoms with Crippen LogP contribution in [-0.4, -0.2) is 48.3 Å². The highest BCUT2D eigenvalue weighted by Gasteiger charge is 2.42. The molecule has 0 aromatic heterocycles. The minimum Gasteiger partial charge on any atom is -0.493 e. The molecule has 1 unspecified atom stereocenters. The van der Waals surface area contributed by atoms with Crippen molar-refractivity contribution < 1.29 is 24.2 Å². The third-order valence-electron chi connectivity index (χ3n) is 5.57. The van der Waals surface area contributed by atoms with E-state index >= 15 is 0 Å². The number of para-hydroxylation sites is 1. The molecule has 1 atom stereocenters. The van der Waals surface area contributed by atoms with Crippen LogP contribution in [0.1, 0.15) is 44.6 Å². The standard InChI is InChI=1S/C20H28N2O5/c1-20(18(23)24)10-11-22(13-20)19(25)21-12-14-6-5-9-16(26-2)17(14)27-15-7-3-4-8-15/h5-6,9,15H,3-4,7-8,10-13H2,1-2H3,(H,21,25)(H,23,24). The lowest BCUT2D eigenvalue weighted by Crippen LogP contribution is -2.40. The van der Waals surface area contributed by atoms with Gasteiger partial charge in [-0.15, -0.1) is 0 Å². The summed E-state index contributed by atoms with van der Waals surface area (Å²) in [6.07, 6.45) is 5.05. The molecule has 27 heavy (non-hydrogen) atoms. The highest BCUT2D eigenvalue weighted by Crippen LogP contribution is 2.35. The van der Waals surface area contributed by atoms with E-state index in [-0.39, 0.29) is 18.7 Å². The van der Waals surface area contributed by atoms with Crippen molar-refractivity contribution in [3.05, 3.63) is 23.8 Å². The number of nitrogens with zero attached hydrogens (tertiary/aromatic N) is 1. The van der Waals surface area contributed by atoms with Crippen LogP contribution < -0.4 is 14.8 Å². The molecule has 1 aromatic carbocycles. The lowest BCUT2D eigenvalue weighted by molar-refractivity contribution is -0.147. The van der Waals surface area contributed by atoms with E-state index in [2.05, 4.69) is 5.32 Å². The molecule has 1 heterocycles. The molecule has 2 fully saturated rings. The van der Waals surface area contributed by atoms with E-state index < -0.39 is 11.4 Å². The molecule has 0 bridgehead atoms. The van der Waals surface area contributed by atoms with Crippen LogP contribution >= 0.6 is 0 Å². The first-order chi connectivity index (χ1) is 12.9. The van der Waals surface area contributed by atoms with Gasteiger partial charge in [0.05, 0.1) is 18.6 Å². The summed E-state index contributed by atoms with van der Waals surface area (Å²) >= 11 is 0. The zero-order valence-electron chi connectivity index (χ0n) is 16.0. The fourth-order valence-corrected chi connectivity index (χ4v) is 3.76. The van der Waals surface area contributed by atoms with Crippen LogP contribution in [0.25, 0.3) is 0 Å². The number of carboxylic acids is 1. The molecule has 1 aliphatic heterocycles. The zero-order valence-corrected chi connectivity index (χ0v) is 16.0. The number of carbonyl (C=O) groups excluding carboxylic acids is 1.